The summed E-state index contributed by atoms with van der Waals surface area (Å²) in [6.07, 6.45) is 2.30. The van der Waals surface area contributed by atoms with E-state index in [9.17, 15) is 4.79 Å². The number of aromatic nitrogens is 2. The van der Waals surface area contributed by atoms with Crippen molar-refractivity contribution in [1.29, 1.82) is 0 Å². The SMILES string of the molecule is CCC(C)NC(=O)c1cc(Nc2c(C)cccc2C(C)C)ncn1. The number of nitrogens with one attached hydrogen (secondary N) is 2. The largest absolute Gasteiger partial charge is 0.348 e. The first-order chi connectivity index (χ1) is 11.4. The van der Waals surface area contributed by atoms with E-state index in [1.54, 1.807) is 6.07 Å². The minimum Gasteiger partial charge on any atom is -0.348 e. The molecule has 1 atom stereocenters. The van der Waals surface area contributed by atoms with Crippen LogP contribution in [-0.4, -0.2) is 21.9 Å². The first kappa shape index (κ1) is 17.9. The summed E-state index contributed by atoms with van der Waals surface area (Å²) >= 11 is 0. The number of nitrogens with zero attached hydrogens (tertiary/aromatic N) is 2. The average Bonchev–Trinajstić information content (AvgIpc) is 2.56. The van der Waals surface area contributed by atoms with Crippen LogP contribution < -0.4 is 10.6 Å². The van der Waals surface area contributed by atoms with E-state index in [1.165, 1.54) is 11.9 Å². The highest BCUT2D eigenvalue weighted by Gasteiger charge is 2.13. The minimum atomic E-state index is -0.177. The molecule has 2 N–H and O–H groups in total. The lowest BCUT2D eigenvalue weighted by molar-refractivity contribution is 0.0934. The van der Waals surface area contributed by atoms with Crippen LogP contribution in [0.25, 0.3) is 0 Å². The summed E-state index contributed by atoms with van der Waals surface area (Å²) in [6.45, 7) is 10.4. The number of benzene rings is 1. The van der Waals surface area contributed by atoms with Crippen LogP contribution >= 0.6 is 0 Å². The molecule has 5 heteroatoms. The van der Waals surface area contributed by atoms with Crippen LogP contribution in [-0.2, 0) is 0 Å². The van der Waals surface area contributed by atoms with Crippen molar-refractivity contribution in [2.75, 3.05) is 5.32 Å². The van der Waals surface area contributed by atoms with Crippen LogP contribution in [0.3, 0.4) is 0 Å². The highest BCUT2D eigenvalue weighted by Crippen LogP contribution is 2.29. The number of anilines is 2. The van der Waals surface area contributed by atoms with Gasteiger partial charge in [-0.1, -0.05) is 39.0 Å². The average molecular weight is 326 g/mol. The normalized spacial score (nSPS) is 12.1. The molecule has 24 heavy (non-hydrogen) atoms. The summed E-state index contributed by atoms with van der Waals surface area (Å²) in [4.78, 5) is 20.6. The zero-order valence-electron chi connectivity index (χ0n) is 15.1. The Labute approximate surface area is 143 Å². The second-order valence-electron chi connectivity index (χ2n) is 6.39. The smallest absolute Gasteiger partial charge is 0.270 e. The van der Waals surface area contributed by atoms with E-state index in [4.69, 9.17) is 0 Å². The van der Waals surface area contributed by atoms with Gasteiger partial charge in [0.1, 0.15) is 17.8 Å². The molecule has 0 saturated carbocycles. The Balaban J connectivity index is 2.26. The predicted molar refractivity (Wildman–Crippen MR) is 97.8 cm³/mol. The topological polar surface area (TPSA) is 66.9 Å². The molecular weight excluding hydrogens is 300 g/mol. The Kier molecular flexibility index (Phi) is 5.90. The van der Waals surface area contributed by atoms with Gasteiger partial charge in [0.15, 0.2) is 0 Å². The molecule has 1 aromatic carbocycles. The quantitative estimate of drug-likeness (QED) is 0.835. The molecule has 1 aromatic heterocycles. The van der Waals surface area contributed by atoms with E-state index in [2.05, 4.69) is 59.6 Å². The summed E-state index contributed by atoms with van der Waals surface area (Å²) in [5.74, 6) is 0.835. The lowest BCUT2D eigenvalue weighted by Crippen LogP contribution is -2.32. The lowest BCUT2D eigenvalue weighted by Gasteiger charge is -2.17. The molecule has 1 amide bonds. The van der Waals surface area contributed by atoms with Gasteiger partial charge >= 0.3 is 0 Å². The van der Waals surface area contributed by atoms with Crippen LogP contribution in [0.1, 0.15) is 61.6 Å². The lowest BCUT2D eigenvalue weighted by atomic mass is 9.98. The fourth-order valence-electron chi connectivity index (χ4n) is 2.42. The van der Waals surface area contributed by atoms with Crippen molar-refractivity contribution in [3.8, 4) is 0 Å². The first-order valence-corrected chi connectivity index (χ1v) is 8.41. The van der Waals surface area contributed by atoms with Crippen LogP contribution in [0.2, 0.25) is 0 Å². The van der Waals surface area contributed by atoms with Crippen LogP contribution in [0, 0.1) is 6.92 Å². The van der Waals surface area contributed by atoms with Gasteiger partial charge in [0, 0.05) is 17.8 Å². The summed E-state index contributed by atoms with van der Waals surface area (Å²) in [7, 11) is 0. The maximum absolute atomic E-state index is 12.2. The van der Waals surface area contributed by atoms with E-state index >= 15 is 0 Å². The molecule has 2 rings (SSSR count). The maximum Gasteiger partial charge on any atom is 0.270 e. The number of hydrogen-bond acceptors (Lipinski definition) is 4. The monoisotopic (exact) mass is 326 g/mol. The van der Waals surface area contributed by atoms with Crippen molar-refractivity contribution in [2.45, 2.75) is 53.0 Å². The number of rotatable bonds is 6. The second kappa shape index (κ2) is 7.90. The third-order valence-corrected chi connectivity index (χ3v) is 4.07. The molecule has 0 bridgehead atoms. The Morgan fingerprint density at radius 3 is 2.62 bits per heavy atom. The van der Waals surface area contributed by atoms with Crippen LogP contribution in [0.4, 0.5) is 11.5 Å². The van der Waals surface area contributed by atoms with Gasteiger partial charge in [-0.15, -0.1) is 0 Å². The Bertz CT molecular complexity index is 712. The summed E-state index contributed by atoms with van der Waals surface area (Å²) < 4.78 is 0. The molecule has 1 unspecified atom stereocenters. The maximum atomic E-state index is 12.2. The van der Waals surface area contributed by atoms with Gasteiger partial charge in [-0.25, -0.2) is 9.97 Å². The van der Waals surface area contributed by atoms with E-state index in [1.807, 2.05) is 13.8 Å². The van der Waals surface area contributed by atoms with Gasteiger partial charge < -0.3 is 10.6 Å². The third-order valence-electron chi connectivity index (χ3n) is 4.07. The molecule has 0 aliphatic carbocycles. The summed E-state index contributed by atoms with van der Waals surface area (Å²) in [5, 5.41) is 6.27. The van der Waals surface area contributed by atoms with E-state index < -0.39 is 0 Å². The number of hydrogen-bond donors (Lipinski definition) is 2. The van der Waals surface area contributed by atoms with Crippen molar-refractivity contribution >= 4 is 17.4 Å². The zero-order chi connectivity index (χ0) is 17.7. The van der Waals surface area contributed by atoms with Crippen molar-refractivity contribution < 1.29 is 4.79 Å². The number of para-hydroxylation sites is 1. The molecule has 0 aliphatic heterocycles. The predicted octanol–water partition coefficient (Wildman–Crippen LogP) is 4.18. The zero-order valence-corrected chi connectivity index (χ0v) is 15.1. The Morgan fingerprint density at radius 1 is 1.21 bits per heavy atom. The fourth-order valence-corrected chi connectivity index (χ4v) is 2.42. The molecular formula is C19H26N4O. The molecule has 2 aromatic rings. The minimum absolute atomic E-state index is 0.118. The number of carbonyl (C=O) groups is 1. The molecule has 0 saturated heterocycles. The molecule has 0 fully saturated rings. The second-order valence-corrected chi connectivity index (χ2v) is 6.39. The first-order valence-electron chi connectivity index (χ1n) is 8.41. The Hall–Kier alpha value is -2.43. The molecule has 0 radical (unpaired) electrons. The van der Waals surface area contributed by atoms with Crippen LogP contribution in [0.15, 0.2) is 30.6 Å². The van der Waals surface area contributed by atoms with Crippen molar-refractivity contribution in [3.05, 3.63) is 47.4 Å². The van der Waals surface area contributed by atoms with Crippen molar-refractivity contribution in [1.82, 2.24) is 15.3 Å². The van der Waals surface area contributed by atoms with E-state index in [0.29, 0.717) is 17.4 Å². The van der Waals surface area contributed by atoms with Crippen molar-refractivity contribution in [3.63, 3.8) is 0 Å². The van der Waals surface area contributed by atoms with Gasteiger partial charge in [-0.2, -0.15) is 0 Å². The molecule has 0 spiro atoms. The van der Waals surface area contributed by atoms with E-state index in [-0.39, 0.29) is 11.9 Å². The third kappa shape index (κ3) is 4.31. The van der Waals surface area contributed by atoms with E-state index in [0.717, 1.165) is 17.7 Å². The highest BCUT2D eigenvalue weighted by molar-refractivity contribution is 5.93. The standard InChI is InChI=1S/C19H26N4O/c1-6-14(5)22-19(24)16-10-17(21-11-20-16)23-18-13(4)8-7-9-15(18)12(2)3/h7-12,14H,6H2,1-5H3,(H,22,24)(H,20,21,23). The molecule has 1 heterocycles. The summed E-state index contributed by atoms with van der Waals surface area (Å²) in [5.41, 5.74) is 3.77. The number of amides is 1. The summed E-state index contributed by atoms with van der Waals surface area (Å²) in [6, 6.07) is 8.03. The number of carbonyl (C=O) groups excluding carboxylic acids is 1. The number of aryl methyl sites for hydroxylation is 1. The molecule has 0 aliphatic rings. The molecule has 5 nitrogen and oxygen atoms in total. The fraction of sp³-hybridized carbons (Fsp3) is 0.421. The van der Waals surface area contributed by atoms with Crippen molar-refractivity contribution in [2.24, 2.45) is 0 Å². The van der Waals surface area contributed by atoms with Gasteiger partial charge in [0.2, 0.25) is 0 Å². The Morgan fingerprint density at radius 2 is 1.96 bits per heavy atom. The van der Waals surface area contributed by atoms with Gasteiger partial charge in [0.25, 0.3) is 5.91 Å². The van der Waals surface area contributed by atoms with Gasteiger partial charge in [0.05, 0.1) is 0 Å². The highest BCUT2D eigenvalue weighted by atomic mass is 16.1. The van der Waals surface area contributed by atoms with Crippen LogP contribution in [0.5, 0.6) is 0 Å². The van der Waals surface area contributed by atoms with Gasteiger partial charge in [-0.3, -0.25) is 4.79 Å². The molecule has 128 valence electrons. The van der Waals surface area contributed by atoms with Gasteiger partial charge in [-0.05, 0) is 37.3 Å².